The first-order valence-corrected chi connectivity index (χ1v) is 9.78. The van der Waals surface area contributed by atoms with Gasteiger partial charge in [0.2, 0.25) is 0 Å². The number of anilines is 1. The Morgan fingerprint density at radius 2 is 1.07 bits per heavy atom. The van der Waals surface area contributed by atoms with E-state index in [1.807, 2.05) is 0 Å². The van der Waals surface area contributed by atoms with E-state index >= 15 is 0 Å². The average Bonchev–Trinajstić information content (AvgIpc) is 2.73. The van der Waals surface area contributed by atoms with Crippen LogP contribution >= 0.6 is 0 Å². The summed E-state index contributed by atoms with van der Waals surface area (Å²) in [6.07, 6.45) is 0. The summed E-state index contributed by atoms with van der Waals surface area (Å²) in [5.74, 6) is -1.02. The molecular formula is C20H17N3O4S. The Hall–Kier alpha value is -3.65. The van der Waals surface area contributed by atoms with Crippen LogP contribution in [0.1, 0.15) is 20.7 Å². The van der Waals surface area contributed by atoms with Crippen LogP contribution in [0.2, 0.25) is 0 Å². The van der Waals surface area contributed by atoms with Gasteiger partial charge in [-0.1, -0.05) is 36.4 Å². The summed E-state index contributed by atoms with van der Waals surface area (Å²) in [5, 5.41) is 0. The fourth-order valence-corrected chi connectivity index (χ4v) is 3.41. The minimum atomic E-state index is -3.77. The number of hydrogen-bond donors (Lipinski definition) is 3. The van der Waals surface area contributed by atoms with Crippen LogP contribution in [-0.2, 0) is 10.0 Å². The van der Waals surface area contributed by atoms with Gasteiger partial charge in [-0.05, 0) is 48.5 Å². The molecule has 0 spiro atoms. The Balaban J connectivity index is 1.63. The molecule has 0 aliphatic heterocycles. The summed E-state index contributed by atoms with van der Waals surface area (Å²) >= 11 is 0. The van der Waals surface area contributed by atoms with Gasteiger partial charge in [-0.3, -0.25) is 25.2 Å². The number of hydrazine groups is 1. The van der Waals surface area contributed by atoms with Gasteiger partial charge in [-0.2, -0.15) is 0 Å². The minimum Gasteiger partial charge on any atom is -0.280 e. The van der Waals surface area contributed by atoms with E-state index in [4.69, 9.17) is 0 Å². The van der Waals surface area contributed by atoms with Crippen molar-refractivity contribution in [2.45, 2.75) is 4.90 Å². The number of nitrogens with one attached hydrogen (secondary N) is 3. The zero-order valence-corrected chi connectivity index (χ0v) is 15.4. The maximum absolute atomic E-state index is 12.4. The van der Waals surface area contributed by atoms with Gasteiger partial charge in [0.15, 0.2) is 0 Å². The Labute approximate surface area is 162 Å². The normalized spacial score (nSPS) is 10.7. The molecule has 3 aromatic rings. The Morgan fingerprint density at radius 3 is 1.61 bits per heavy atom. The summed E-state index contributed by atoms with van der Waals surface area (Å²) in [7, 11) is -3.77. The summed E-state index contributed by atoms with van der Waals surface area (Å²) in [4.78, 5) is 24.1. The molecule has 0 bridgehead atoms. The highest BCUT2D eigenvalue weighted by molar-refractivity contribution is 7.92. The number of para-hydroxylation sites is 1. The Morgan fingerprint density at radius 1 is 0.607 bits per heavy atom. The van der Waals surface area contributed by atoms with Crippen molar-refractivity contribution in [1.29, 1.82) is 0 Å². The van der Waals surface area contributed by atoms with E-state index in [0.717, 1.165) is 0 Å². The van der Waals surface area contributed by atoms with E-state index in [9.17, 15) is 18.0 Å². The molecule has 0 aromatic heterocycles. The van der Waals surface area contributed by atoms with Gasteiger partial charge in [0.25, 0.3) is 21.8 Å². The first-order valence-electron chi connectivity index (χ1n) is 8.29. The van der Waals surface area contributed by atoms with Crippen molar-refractivity contribution < 1.29 is 18.0 Å². The third-order valence-electron chi connectivity index (χ3n) is 3.78. The number of sulfonamides is 1. The molecule has 7 nitrogen and oxygen atoms in total. The highest BCUT2D eigenvalue weighted by Crippen LogP contribution is 2.16. The van der Waals surface area contributed by atoms with E-state index in [1.54, 1.807) is 60.7 Å². The second-order valence-electron chi connectivity index (χ2n) is 5.77. The molecule has 0 heterocycles. The molecule has 0 radical (unpaired) electrons. The molecule has 0 atom stereocenters. The lowest BCUT2D eigenvalue weighted by Crippen LogP contribution is -2.41. The molecule has 0 fully saturated rings. The van der Waals surface area contributed by atoms with Gasteiger partial charge in [-0.15, -0.1) is 0 Å². The number of amides is 2. The van der Waals surface area contributed by atoms with Crippen molar-refractivity contribution in [1.82, 2.24) is 10.9 Å². The van der Waals surface area contributed by atoms with Crippen molar-refractivity contribution in [2.75, 3.05) is 4.72 Å². The van der Waals surface area contributed by atoms with Crippen LogP contribution in [0.5, 0.6) is 0 Å². The number of rotatable bonds is 5. The van der Waals surface area contributed by atoms with Gasteiger partial charge in [0.1, 0.15) is 0 Å². The largest absolute Gasteiger partial charge is 0.280 e. The number of carbonyl (C=O) groups excluding carboxylic acids is 2. The molecule has 28 heavy (non-hydrogen) atoms. The lowest BCUT2D eigenvalue weighted by molar-refractivity contribution is 0.0846. The van der Waals surface area contributed by atoms with E-state index in [1.165, 1.54) is 24.3 Å². The van der Waals surface area contributed by atoms with Gasteiger partial charge in [-0.25, -0.2) is 8.42 Å². The maximum atomic E-state index is 12.4. The molecule has 3 rings (SSSR count). The topological polar surface area (TPSA) is 104 Å². The van der Waals surface area contributed by atoms with Crippen molar-refractivity contribution in [2.24, 2.45) is 0 Å². The fraction of sp³-hybridized carbons (Fsp3) is 0. The fourth-order valence-electron chi connectivity index (χ4n) is 2.35. The smallest absolute Gasteiger partial charge is 0.269 e. The highest BCUT2D eigenvalue weighted by atomic mass is 32.2. The van der Waals surface area contributed by atoms with Gasteiger partial charge >= 0.3 is 0 Å². The number of carbonyl (C=O) groups is 2. The molecule has 0 saturated heterocycles. The van der Waals surface area contributed by atoms with Crippen LogP contribution in [0.25, 0.3) is 0 Å². The molecule has 0 aliphatic carbocycles. The van der Waals surface area contributed by atoms with E-state index in [2.05, 4.69) is 15.6 Å². The monoisotopic (exact) mass is 395 g/mol. The Kier molecular flexibility index (Phi) is 5.71. The highest BCUT2D eigenvalue weighted by Gasteiger charge is 2.15. The zero-order chi connectivity index (χ0) is 20.0. The zero-order valence-electron chi connectivity index (χ0n) is 14.6. The SMILES string of the molecule is O=C(NNC(=O)c1ccc(S(=O)(=O)Nc2ccccc2)cc1)c1ccccc1. The first kappa shape index (κ1) is 19.1. The number of hydrogen-bond acceptors (Lipinski definition) is 4. The molecule has 3 N–H and O–H groups in total. The lowest BCUT2D eigenvalue weighted by Gasteiger charge is -2.10. The molecular weight excluding hydrogens is 378 g/mol. The minimum absolute atomic E-state index is 0.0150. The van der Waals surface area contributed by atoms with E-state index in [-0.39, 0.29) is 10.5 Å². The molecule has 142 valence electrons. The Bertz CT molecular complexity index is 1070. The van der Waals surface area contributed by atoms with E-state index < -0.39 is 21.8 Å². The van der Waals surface area contributed by atoms with Crippen LogP contribution in [0.3, 0.4) is 0 Å². The molecule has 2 amide bonds. The van der Waals surface area contributed by atoms with Gasteiger partial charge in [0.05, 0.1) is 4.90 Å². The lowest BCUT2D eigenvalue weighted by atomic mass is 10.2. The summed E-state index contributed by atoms with van der Waals surface area (Å²) < 4.78 is 27.2. The molecule has 0 aliphatic rings. The second kappa shape index (κ2) is 8.36. The van der Waals surface area contributed by atoms with Crippen molar-refractivity contribution >= 4 is 27.5 Å². The van der Waals surface area contributed by atoms with Crippen LogP contribution < -0.4 is 15.6 Å². The molecule has 3 aromatic carbocycles. The van der Waals surface area contributed by atoms with Crippen LogP contribution in [0, 0.1) is 0 Å². The van der Waals surface area contributed by atoms with Crippen molar-refractivity contribution in [3.63, 3.8) is 0 Å². The predicted octanol–water partition coefficient (Wildman–Crippen LogP) is 2.56. The van der Waals surface area contributed by atoms with Crippen molar-refractivity contribution in [3.05, 3.63) is 96.1 Å². The van der Waals surface area contributed by atoms with Crippen LogP contribution in [0.4, 0.5) is 5.69 Å². The first-order chi connectivity index (χ1) is 13.5. The van der Waals surface area contributed by atoms with E-state index in [0.29, 0.717) is 11.3 Å². The number of benzene rings is 3. The molecule has 0 unspecified atom stereocenters. The summed E-state index contributed by atoms with van der Waals surface area (Å²) in [6, 6.07) is 22.3. The summed E-state index contributed by atoms with van der Waals surface area (Å²) in [5.41, 5.74) is 5.64. The second-order valence-corrected chi connectivity index (χ2v) is 7.45. The van der Waals surface area contributed by atoms with Crippen LogP contribution in [0.15, 0.2) is 89.8 Å². The summed E-state index contributed by atoms with van der Waals surface area (Å²) in [6.45, 7) is 0. The van der Waals surface area contributed by atoms with Gasteiger partial charge in [0, 0.05) is 16.8 Å². The predicted molar refractivity (Wildman–Crippen MR) is 105 cm³/mol. The van der Waals surface area contributed by atoms with Crippen molar-refractivity contribution in [3.8, 4) is 0 Å². The van der Waals surface area contributed by atoms with Gasteiger partial charge < -0.3 is 0 Å². The third kappa shape index (κ3) is 4.74. The quantitative estimate of drug-likeness (QED) is 0.578. The molecule has 8 heteroatoms. The third-order valence-corrected chi connectivity index (χ3v) is 5.18. The molecule has 0 saturated carbocycles. The average molecular weight is 395 g/mol. The standard InChI is InChI=1S/C20H17N3O4S/c24-19(15-7-3-1-4-8-15)21-22-20(25)16-11-13-18(14-12-16)28(26,27)23-17-9-5-2-6-10-17/h1-14,23H,(H,21,24)(H,22,25). The maximum Gasteiger partial charge on any atom is 0.269 e. The van der Waals surface area contributed by atoms with Crippen LogP contribution in [-0.4, -0.2) is 20.2 Å².